The van der Waals surface area contributed by atoms with Gasteiger partial charge in [-0.25, -0.2) is 4.98 Å². The molecule has 0 aliphatic rings. The summed E-state index contributed by atoms with van der Waals surface area (Å²) in [5, 5.41) is 2.96. The van der Waals surface area contributed by atoms with Crippen molar-refractivity contribution >= 4 is 40.2 Å². The number of rotatable bonds is 3. The summed E-state index contributed by atoms with van der Waals surface area (Å²) < 4.78 is 2.57. The van der Waals surface area contributed by atoms with Gasteiger partial charge in [0.2, 0.25) is 0 Å². The number of amides is 1. The molecule has 1 N–H and O–H groups in total. The Labute approximate surface area is 153 Å². The molecule has 0 fully saturated rings. The number of anilines is 1. The van der Waals surface area contributed by atoms with Gasteiger partial charge >= 0.3 is 0 Å². The number of carbonyl (C=O) groups excluding carboxylic acids is 1. The molecule has 124 valence electrons. The zero-order valence-electron chi connectivity index (χ0n) is 13.4. The van der Waals surface area contributed by atoms with E-state index in [1.807, 2.05) is 60.1 Å². The monoisotopic (exact) mass is 367 g/mol. The third kappa shape index (κ3) is 3.16. The fourth-order valence-electron chi connectivity index (χ4n) is 2.61. The molecule has 6 heteroatoms. The molecule has 0 saturated carbocycles. The predicted molar refractivity (Wildman–Crippen MR) is 103 cm³/mol. The first-order chi connectivity index (χ1) is 12.1. The number of imidazole rings is 1. The van der Waals surface area contributed by atoms with Gasteiger partial charge < -0.3 is 9.72 Å². The molecule has 0 saturated heterocycles. The molecule has 1 amide bonds. The van der Waals surface area contributed by atoms with Crippen LogP contribution in [0.1, 0.15) is 15.2 Å². The summed E-state index contributed by atoms with van der Waals surface area (Å²) in [5.74, 6) is -0.160. The summed E-state index contributed by atoms with van der Waals surface area (Å²) >= 11 is 7.17. The second-order valence-electron chi connectivity index (χ2n) is 5.68. The summed E-state index contributed by atoms with van der Waals surface area (Å²) in [6.07, 6.45) is 3.94. The fourth-order valence-corrected chi connectivity index (χ4v) is 3.55. The van der Waals surface area contributed by atoms with Crippen LogP contribution in [0.5, 0.6) is 0 Å². The van der Waals surface area contributed by atoms with Crippen LogP contribution in [-0.4, -0.2) is 15.3 Å². The van der Waals surface area contributed by atoms with E-state index < -0.39 is 0 Å². The second-order valence-corrected chi connectivity index (χ2v) is 7.39. The molecular weight excluding hydrogens is 354 g/mol. The van der Waals surface area contributed by atoms with Crippen molar-refractivity contribution in [2.75, 3.05) is 5.32 Å². The van der Waals surface area contributed by atoms with E-state index in [-0.39, 0.29) is 5.91 Å². The lowest BCUT2D eigenvalue weighted by Gasteiger charge is -2.09. The van der Waals surface area contributed by atoms with Gasteiger partial charge in [-0.3, -0.25) is 4.79 Å². The van der Waals surface area contributed by atoms with Gasteiger partial charge in [0.1, 0.15) is 5.65 Å². The third-order valence-corrected chi connectivity index (χ3v) is 5.17. The Morgan fingerprint density at radius 1 is 1.20 bits per heavy atom. The van der Waals surface area contributed by atoms with Crippen molar-refractivity contribution in [3.8, 4) is 11.3 Å². The molecule has 0 aliphatic carbocycles. The average molecular weight is 368 g/mol. The van der Waals surface area contributed by atoms with Crippen molar-refractivity contribution in [3.63, 3.8) is 0 Å². The number of thiophene rings is 1. The maximum absolute atomic E-state index is 12.4. The Balaban J connectivity index is 1.67. The summed E-state index contributed by atoms with van der Waals surface area (Å²) in [6, 6.07) is 15.3. The van der Waals surface area contributed by atoms with Crippen LogP contribution in [0.25, 0.3) is 16.9 Å². The van der Waals surface area contributed by atoms with E-state index in [0.29, 0.717) is 9.21 Å². The van der Waals surface area contributed by atoms with Gasteiger partial charge in [0.15, 0.2) is 0 Å². The van der Waals surface area contributed by atoms with Crippen molar-refractivity contribution in [2.45, 2.75) is 6.92 Å². The minimum atomic E-state index is -0.160. The minimum absolute atomic E-state index is 0.160. The van der Waals surface area contributed by atoms with E-state index in [9.17, 15) is 4.79 Å². The lowest BCUT2D eigenvalue weighted by Crippen LogP contribution is -2.11. The van der Waals surface area contributed by atoms with Crippen molar-refractivity contribution in [2.24, 2.45) is 0 Å². The normalized spacial score (nSPS) is 11.0. The first-order valence-electron chi connectivity index (χ1n) is 7.71. The zero-order valence-corrected chi connectivity index (χ0v) is 14.9. The van der Waals surface area contributed by atoms with Crippen LogP contribution in [0, 0.1) is 6.92 Å². The molecule has 3 heterocycles. The first kappa shape index (κ1) is 15.9. The molecular formula is C19H14ClN3OS. The maximum atomic E-state index is 12.4. The van der Waals surface area contributed by atoms with Gasteiger partial charge in [-0.15, -0.1) is 11.3 Å². The number of hydrogen-bond acceptors (Lipinski definition) is 3. The van der Waals surface area contributed by atoms with E-state index in [1.54, 1.807) is 12.1 Å². The number of nitrogens with one attached hydrogen (secondary N) is 1. The highest BCUT2D eigenvalue weighted by atomic mass is 35.5. The fraction of sp³-hybridized carbons (Fsp3) is 0.0526. The first-order valence-corrected chi connectivity index (χ1v) is 8.91. The number of hydrogen-bond donors (Lipinski definition) is 1. The number of carbonyl (C=O) groups is 1. The van der Waals surface area contributed by atoms with Crippen LogP contribution in [0.2, 0.25) is 4.34 Å². The van der Waals surface area contributed by atoms with Gasteiger partial charge in [0.25, 0.3) is 5.91 Å². The van der Waals surface area contributed by atoms with Crippen molar-refractivity contribution in [3.05, 3.63) is 75.7 Å². The van der Waals surface area contributed by atoms with Crippen LogP contribution in [-0.2, 0) is 0 Å². The number of pyridine rings is 1. The Kier molecular flexibility index (Phi) is 4.03. The van der Waals surface area contributed by atoms with E-state index in [2.05, 4.69) is 10.3 Å². The lowest BCUT2D eigenvalue weighted by atomic mass is 10.1. The molecule has 0 atom stereocenters. The molecule has 4 nitrogen and oxygen atoms in total. The van der Waals surface area contributed by atoms with Crippen LogP contribution >= 0.6 is 22.9 Å². The zero-order chi connectivity index (χ0) is 17.4. The number of aryl methyl sites for hydroxylation is 1. The van der Waals surface area contributed by atoms with Crippen LogP contribution in [0.4, 0.5) is 5.69 Å². The highest BCUT2D eigenvalue weighted by molar-refractivity contribution is 7.18. The lowest BCUT2D eigenvalue weighted by molar-refractivity contribution is 0.103. The van der Waals surface area contributed by atoms with E-state index in [4.69, 9.17) is 11.6 Å². The van der Waals surface area contributed by atoms with Gasteiger partial charge in [0, 0.05) is 23.6 Å². The smallest absolute Gasteiger partial charge is 0.265 e. The van der Waals surface area contributed by atoms with Gasteiger partial charge in [-0.1, -0.05) is 29.8 Å². The Hall–Kier alpha value is -2.63. The number of aromatic nitrogens is 2. The van der Waals surface area contributed by atoms with Crippen LogP contribution in [0.15, 0.2) is 60.9 Å². The maximum Gasteiger partial charge on any atom is 0.265 e. The summed E-state index contributed by atoms with van der Waals surface area (Å²) in [5.41, 5.74) is 4.46. The average Bonchev–Trinajstić information content (AvgIpc) is 3.23. The standard InChI is InChI=1S/C19H14ClN3OS/c1-12-5-6-13(15-11-23-9-3-2-4-18(23)21-15)10-14(12)22-19(24)16-7-8-17(20)25-16/h2-11H,1H3,(H,22,24). The van der Waals surface area contributed by atoms with Gasteiger partial charge in [-0.05, 0) is 42.8 Å². The van der Waals surface area contributed by atoms with Crippen molar-refractivity contribution in [1.82, 2.24) is 9.38 Å². The summed E-state index contributed by atoms with van der Waals surface area (Å²) in [7, 11) is 0. The summed E-state index contributed by atoms with van der Waals surface area (Å²) in [4.78, 5) is 17.6. The van der Waals surface area contributed by atoms with Crippen molar-refractivity contribution in [1.29, 1.82) is 0 Å². The highest BCUT2D eigenvalue weighted by Gasteiger charge is 2.12. The predicted octanol–water partition coefficient (Wildman–Crippen LogP) is 5.28. The highest BCUT2D eigenvalue weighted by Crippen LogP contribution is 2.27. The summed E-state index contributed by atoms with van der Waals surface area (Å²) in [6.45, 7) is 1.96. The Morgan fingerprint density at radius 3 is 2.84 bits per heavy atom. The molecule has 0 aliphatic heterocycles. The molecule has 0 bridgehead atoms. The largest absolute Gasteiger partial charge is 0.321 e. The van der Waals surface area contributed by atoms with Gasteiger partial charge in [-0.2, -0.15) is 0 Å². The van der Waals surface area contributed by atoms with Crippen LogP contribution in [0.3, 0.4) is 0 Å². The number of nitrogens with zero attached hydrogens (tertiary/aromatic N) is 2. The topological polar surface area (TPSA) is 46.4 Å². The third-order valence-electron chi connectivity index (χ3n) is 3.94. The molecule has 1 aromatic carbocycles. The Morgan fingerprint density at radius 2 is 2.08 bits per heavy atom. The minimum Gasteiger partial charge on any atom is -0.321 e. The quantitative estimate of drug-likeness (QED) is 0.535. The van der Waals surface area contributed by atoms with E-state index >= 15 is 0 Å². The molecule has 3 aromatic heterocycles. The number of halogens is 1. The molecule has 4 rings (SSSR count). The molecule has 0 radical (unpaired) electrons. The molecule has 25 heavy (non-hydrogen) atoms. The SMILES string of the molecule is Cc1ccc(-c2cn3ccccc3n2)cc1NC(=O)c1ccc(Cl)s1. The van der Waals surface area contributed by atoms with Crippen molar-refractivity contribution < 1.29 is 4.79 Å². The van der Waals surface area contributed by atoms with Gasteiger partial charge in [0.05, 0.1) is 14.9 Å². The molecule has 4 aromatic rings. The van der Waals surface area contributed by atoms with E-state index in [1.165, 1.54) is 11.3 Å². The second kappa shape index (κ2) is 6.35. The van der Waals surface area contributed by atoms with E-state index in [0.717, 1.165) is 28.2 Å². The molecule has 0 unspecified atom stereocenters. The number of benzene rings is 1. The van der Waals surface area contributed by atoms with Crippen LogP contribution < -0.4 is 5.32 Å². The number of fused-ring (bicyclic) bond motifs is 1. The molecule has 0 spiro atoms. The Bertz CT molecular complexity index is 1050.